The van der Waals surface area contributed by atoms with Crippen LogP contribution in [-0.4, -0.2) is 27.8 Å². The lowest BCUT2D eigenvalue weighted by Crippen LogP contribution is -2.27. The SMILES string of the molecule is CCNC1CCC(S(=O)CCC(C)C)C1. The van der Waals surface area contributed by atoms with Crippen LogP contribution in [0.15, 0.2) is 0 Å². The van der Waals surface area contributed by atoms with E-state index in [1.165, 1.54) is 6.42 Å². The summed E-state index contributed by atoms with van der Waals surface area (Å²) in [6.07, 6.45) is 4.60. The third kappa shape index (κ3) is 4.64. The lowest BCUT2D eigenvalue weighted by atomic mass is 10.2. The first-order valence-electron chi connectivity index (χ1n) is 6.24. The molecule has 1 N–H and O–H groups in total. The summed E-state index contributed by atoms with van der Waals surface area (Å²) in [5, 5.41) is 3.93. The number of hydrogen-bond acceptors (Lipinski definition) is 2. The molecule has 0 aromatic carbocycles. The third-order valence-electron chi connectivity index (χ3n) is 3.15. The highest BCUT2D eigenvalue weighted by molar-refractivity contribution is 7.85. The van der Waals surface area contributed by atoms with E-state index in [2.05, 4.69) is 26.1 Å². The molecule has 2 nitrogen and oxygen atoms in total. The van der Waals surface area contributed by atoms with Crippen molar-refractivity contribution in [3.63, 3.8) is 0 Å². The standard InChI is InChI=1S/C12H25NOS/c1-4-13-11-5-6-12(9-11)15(14)8-7-10(2)3/h10-13H,4-9H2,1-3H3. The first kappa shape index (κ1) is 13.2. The quantitative estimate of drug-likeness (QED) is 0.760. The van der Waals surface area contributed by atoms with Crippen LogP contribution in [0.1, 0.15) is 46.5 Å². The van der Waals surface area contributed by atoms with Crippen molar-refractivity contribution in [1.29, 1.82) is 0 Å². The molecule has 3 heteroatoms. The molecular formula is C12H25NOS. The maximum Gasteiger partial charge on any atom is 0.0363 e. The third-order valence-corrected chi connectivity index (χ3v) is 4.96. The van der Waals surface area contributed by atoms with Crippen molar-refractivity contribution in [2.24, 2.45) is 5.92 Å². The smallest absolute Gasteiger partial charge is 0.0363 e. The van der Waals surface area contributed by atoms with Gasteiger partial charge in [-0.2, -0.15) is 0 Å². The molecule has 3 unspecified atom stereocenters. The highest BCUT2D eigenvalue weighted by Gasteiger charge is 2.27. The number of rotatable bonds is 6. The summed E-state index contributed by atoms with van der Waals surface area (Å²) in [6.45, 7) is 7.58. The van der Waals surface area contributed by atoms with Crippen molar-refractivity contribution in [3.8, 4) is 0 Å². The monoisotopic (exact) mass is 231 g/mol. The van der Waals surface area contributed by atoms with E-state index in [4.69, 9.17) is 0 Å². The first-order valence-corrected chi connectivity index (χ1v) is 7.62. The molecule has 0 saturated heterocycles. The zero-order valence-electron chi connectivity index (χ0n) is 10.3. The van der Waals surface area contributed by atoms with E-state index in [9.17, 15) is 4.21 Å². The fourth-order valence-electron chi connectivity index (χ4n) is 2.17. The fourth-order valence-corrected chi connectivity index (χ4v) is 4.05. The lowest BCUT2D eigenvalue weighted by Gasteiger charge is -2.12. The summed E-state index contributed by atoms with van der Waals surface area (Å²) in [4.78, 5) is 0. The molecule has 1 fully saturated rings. The minimum absolute atomic E-state index is 0.466. The topological polar surface area (TPSA) is 29.1 Å². The van der Waals surface area contributed by atoms with Crippen LogP contribution >= 0.6 is 0 Å². The van der Waals surface area contributed by atoms with E-state index in [1.54, 1.807) is 0 Å². The molecule has 3 atom stereocenters. The van der Waals surface area contributed by atoms with Gasteiger partial charge < -0.3 is 5.32 Å². The molecule has 1 saturated carbocycles. The van der Waals surface area contributed by atoms with Gasteiger partial charge in [-0.15, -0.1) is 0 Å². The van der Waals surface area contributed by atoms with Crippen LogP contribution in [0.2, 0.25) is 0 Å². The second-order valence-corrected chi connectivity index (χ2v) is 6.79. The zero-order chi connectivity index (χ0) is 11.3. The van der Waals surface area contributed by atoms with E-state index < -0.39 is 10.8 Å². The summed E-state index contributed by atoms with van der Waals surface area (Å²) >= 11 is 0. The van der Waals surface area contributed by atoms with Gasteiger partial charge in [0.25, 0.3) is 0 Å². The molecule has 15 heavy (non-hydrogen) atoms. The van der Waals surface area contributed by atoms with Crippen LogP contribution in [0.5, 0.6) is 0 Å². The van der Waals surface area contributed by atoms with Crippen molar-refractivity contribution >= 4 is 10.8 Å². The molecule has 0 amide bonds. The van der Waals surface area contributed by atoms with Crippen LogP contribution in [0.25, 0.3) is 0 Å². The van der Waals surface area contributed by atoms with Crippen molar-refractivity contribution < 1.29 is 4.21 Å². The minimum atomic E-state index is -0.580. The molecule has 0 aromatic rings. The highest BCUT2D eigenvalue weighted by atomic mass is 32.2. The Morgan fingerprint density at radius 3 is 2.73 bits per heavy atom. The summed E-state index contributed by atoms with van der Waals surface area (Å²) in [6, 6.07) is 0.628. The second kappa shape index (κ2) is 6.64. The molecule has 0 heterocycles. The molecule has 1 aliphatic carbocycles. The van der Waals surface area contributed by atoms with E-state index in [1.807, 2.05) is 0 Å². The Morgan fingerprint density at radius 2 is 2.13 bits per heavy atom. The molecular weight excluding hydrogens is 206 g/mol. The van der Waals surface area contributed by atoms with Crippen LogP contribution in [-0.2, 0) is 10.8 Å². The van der Waals surface area contributed by atoms with Gasteiger partial charge in [0.05, 0.1) is 0 Å². The predicted octanol–water partition coefficient (Wildman–Crippen LogP) is 2.31. The van der Waals surface area contributed by atoms with Gasteiger partial charge in [0.15, 0.2) is 0 Å². The Hall–Kier alpha value is 0.110. The van der Waals surface area contributed by atoms with Gasteiger partial charge in [-0.3, -0.25) is 4.21 Å². The molecule has 0 radical (unpaired) electrons. The average molecular weight is 231 g/mol. The summed E-state index contributed by atoms with van der Waals surface area (Å²) in [5.41, 5.74) is 0. The summed E-state index contributed by atoms with van der Waals surface area (Å²) in [7, 11) is -0.580. The second-order valence-electron chi connectivity index (χ2n) is 4.96. The molecule has 0 spiro atoms. The minimum Gasteiger partial charge on any atom is -0.314 e. The average Bonchev–Trinajstić information content (AvgIpc) is 2.63. The normalized spacial score (nSPS) is 28.5. The summed E-state index contributed by atoms with van der Waals surface area (Å²) < 4.78 is 12.0. The van der Waals surface area contributed by atoms with E-state index >= 15 is 0 Å². The van der Waals surface area contributed by atoms with E-state index in [0.717, 1.165) is 31.6 Å². The molecule has 0 aliphatic heterocycles. The van der Waals surface area contributed by atoms with Gasteiger partial charge in [-0.1, -0.05) is 20.8 Å². The number of nitrogens with one attached hydrogen (secondary N) is 1. The summed E-state index contributed by atoms with van der Waals surface area (Å²) in [5.74, 6) is 1.58. The molecule has 1 aliphatic rings. The van der Waals surface area contributed by atoms with Gasteiger partial charge in [0, 0.05) is 27.8 Å². The Kier molecular flexibility index (Phi) is 5.83. The van der Waals surface area contributed by atoms with Crippen molar-refractivity contribution in [2.75, 3.05) is 12.3 Å². The van der Waals surface area contributed by atoms with Gasteiger partial charge in [0.1, 0.15) is 0 Å². The molecule has 0 bridgehead atoms. The zero-order valence-corrected chi connectivity index (χ0v) is 11.1. The van der Waals surface area contributed by atoms with Crippen LogP contribution in [0.4, 0.5) is 0 Å². The highest BCUT2D eigenvalue weighted by Crippen LogP contribution is 2.24. The maximum atomic E-state index is 12.0. The largest absolute Gasteiger partial charge is 0.314 e. The van der Waals surface area contributed by atoms with Crippen molar-refractivity contribution in [2.45, 2.75) is 57.7 Å². The predicted molar refractivity (Wildman–Crippen MR) is 67.6 cm³/mol. The molecule has 0 aromatic heterocycles. The van der Waals surface area contributed by atoms with Gasteiger partial charge in [-0.05, 0) is 38.1 Å². The molecule has 1 rings (SSSR count). The van der Waals surface area contributed by atoms with E-state index in [-0.39, 0.29) is 0 Å². The van der Waals surface area contributed by atoms with Crippen molar-refractivity contribution in [1.82, 2.24) is 5.32 Å². The van der Waals surface area contributed by atoms with Crippen LogP contribution in [0.3, 0.4) is 0 Å². The van der Waals surface area contributed by atoms with Gasteiger partial charge in [-0.25, -0.2) is 0 Å². The Morgan fingerprint density at radius 1 is 1.40 bits per heavy atom. The van der Waals surface area contributed by atoms with Crippen LogP contribution in [0, 0.1) is 5.92 Å². The Balaban J connectivity index is 2.24. The Bertz CT molecular complexity index is 206. The van der Waals surface area contributed by atoms with Crippen molar-refractivity contribution in [3.05, 3.63) is 0 Å². The van der Waals surface area contributed by atoms with E-state index in [0.29, 0.717) is 17.2 Å². The number of hydrogen-bond donors (Lipinski definition) is 1. The first-order chi connectivity index (χ1) is 7.13. The maximum absolute atomic E-state index is 12.0. The lowest BCUT2D eigenvalue weighted by molar-refractivity contribution is 0.542. The molecule has 90 valence electrons. The van der Waals surface area contributed by atoms with Crippen LogP contribution < -0.4 is 5.32 Å². The van der Waals surface area contributed by atoms with Gasteiger partial charge in [0.2, 0.25) is 0 Å². The van der Waals surface area contributed by atoms with Gasteiger partial charge >= 0.3 is 0 Å². The fraction of sp³-hybridized carbons (Fsp3) is 1.00. The Labute approximate surface area is 96.7 Å².